The molecule has 1 heterocycles. The largest absolute Gasteiger partial charge is 0.467 e. The average Bonchev–Trinajstić information content (AvgIpc) is 3.62. The van der Waals surface area contributed by atoms with Crippen molar-refractivity contribution >= 4 is 23.9 Å². The molecule has 1 aromatic carbocycles. The number of benzene rings is 1. The first-order valence-corrected chi connectivity index (χ1v) is 11.1. The van der Waals surface area contributed by atoms with Crippen LogP contribution in [-0.4, -0.2) is 49.6 Å². The number of amides is 3. The van der Waals surface area contributed by atoms with Gasteiger partial charge in [0.1, 0.15) is 18.7 Å². The lowest BCUT2D eigenvalue weighted by Crippen LogP contribution is -2.53. The molecular weight excluding hydrogens is 414 g/mol. The van der Waals surface area contributed by atoms with Crippen molar-refractivity contribution in [2.75, 3.05) is 13.7 Å². The molecule has 1 saturated heterocycles. The van der Waals surface area contributed by atoms with Gasteiger partial charge in [0.25, 0.3) is 0 Å². The molecule has 174 valence electrons. The molecule has 3 N–H and O–H groups in total. The molecule has 3 atom stereocenters. The maximum absolute atomic E-state index is 13.0. The molecule has 9 heteroatoms. The van der Waals surface area contributed by atoms with Crippen LogP contribution in [0.2, 0.25) is 0 Å². The van der Waals surface area contributed by atoms with Gasteiger partial charge in [-0.25, -0.2) is 9.59 Å². The van der Waals surface area contributed by atoms with Crippen LogP contribution in [-0.2, 0) is 30.5 Å². The van der Waals surface area contributed by atoms with Crippen molar-refractivity contribution in [1.82, 2.24) is 16.0 Å². The second kappa shape index (κ2) is 11.5. The van der Waals surface area contributed by atoms with Crippen molar-refractivity contribution in [3.05, 3.63) is 35.9 Å². The maximum Gasteiger partial charge on any atom is 0.408 e. The van der Waals surface area contributed by atoms with Gasteiger partial charge in [-0.2, -0.15) is 0 Å². The highest BCUT2D eigenvalue weighted by Crippen LogP contribution is 2.33. The topological polar surface area (TPSA) is 123 Å². The molecule has 0 bridgehead atoms. The minimum atomic E-state index is -0.967. The quantitative estimate of drug-likeness (QED) is 0.471. The molecule has 3 amide bonds. The van der Waals surface area contributed by atoms with Gasteiger partial charge in [0.2, 0.25) is 11.8 Å². The number of carbonyl (C=O) groups excluding carboxylic acids is 4. The molecule has 32 heavy (non-hydrogen) atoms. The number of hydrogen-bond acceptors (Lipinski definition) is 6. The van der Waals surface area contributed by atoms with Gasteiger partial charge in [-0.3, -0.25) is 9.59 Å². The molecular formula is C23H31N3O6. The fraction of sp³-hybridized carbons (Fsp3) is 0.565. The Morgan fingerprint density at radius 1 is 1.06 bits per heavy atom. The van der Waals surface area contributed by atoms with Crippen molar-refractivity contribution in [2.24, 2.45) is 11.8 Å². The van der Waals surface area contributed by atoms with Crippen LogP contribution in [0.5, 0.6) is 0 Å². The molecule has 9 nitrogen and oxygen atoms in total. The van der Waals surface area contributed by atoms with E-state index in [0.717, 1.165) is 24.8 Å². The molecule has 1 saturated carbocycles. The molecule has 2 fully saturated rings. The summed E-state index contributed by atoms with van der Waals surface area (Å²) in [6.45, 7) is 0.703. The van der Waals surface area contributed by atoms with Gasteiger partial charge in [-0.1, -0.05) is 43.2 Å². The number of esters is 1. The summed E-state index contributed by atoms with van der Waals surface area (Å²) in [6.07, 6.45) is 3.36. The van der Waals surface area contributed by atoms with Gasteiger partial charge in [0, 0.05) is 12.5 Å². The maximum atomic E-state index is 13.0. The lowest BCUT2D eigenvalue weighted by molar-refractivity contribution is -0.146. The Morgan fingerprint density at radius 3 is 2.47 bits per heavy atom. The minimum Gasteiger partial charge on any atom is -0.467 e. The van der Waals surface area contributed by atoms with E-state index in [1.165, 1.54) is 7.11 Å². The summed E-state index contributed by atoms with van der Waals surface area (Å²) in [5, 5.41) is 8.09. The summed E-state index contributed by atoms with van der Waals surface area (Å²) in [6, 6.07) is 7.43. The second-order valence-electron chi connectivity index (χ2n) is 8.39. The van der Waals surface area contributed by atoms with Crippen molar-refractivity contribution in [3.8, 4) is 0 Å². The van der Waals surface area contributed by atoms with Crippen LogP contribution < -0.4 is 16.0 Å². The summed E-state index contributed by atoms with van der Waals surface area (Å²) in [7, 11) is 1.24. The fourth-order valence-electron chi connectivity index (χ4n) is 3.80. The second-order valence-corrected chi connectivity index (χ2v) is 8.39. The molecule has 0 spiro atoms. The highest BCUT2D eigenvalue weighted by atomic mass is 16.5. The third kappa shape index (κ3) is 7.25. The van der Waals surface area contributed by atoms with Crippen LogP contribution in [0.15, 0.2) is 30.3 Å². The van der Waals surface area contributed by atoms with E-state index in [-0.39, 0.29) is 24.9 Å². The van der Waals surface area contributed by atoms with E-state index in [4.69, 9.17) is 9.47 Å². The molecule has 1 aliphatic carbocycles. The number of methoxy groups -OCH3 is 1. The molecule has 1 aromatic rings. The van der Waals surface area contributed by atoms with Crippen molar-refractivity contribution in [3.63, 3.8) is 0 Å². The van der Waals surface area contributed by atoms with Gasteiger partial charge < -0.3 is 25.4 Å². The first-order valence-electron chi connectivity index (χ1n) is 11.1. The highest BCUT2D eigenvalue weighted by Gasteiger charge is 2.35. The van der Waals surface area contributed by atoms with Crippen LogP contribution in [0.25, 0.3) is 0 Å². The predicted octanol–water partition coefficient (Wildman–Crippen LogP) is 1.66. The van der Waals surface area contributed by atoms with Gasteiger partial charge in [0.05, 0.1) is 7.11 Å². The number of carbonyl (C=O) groups is 4. The van der Waals surface area contributed by atoms with Crippen molar-refractivity contribution in [2.45, 2.75) is 57.2 Å². The van der Waals surface area contributed by atoms with Crippen LogP contribution >= 0.6 is 0 Å². The Morgan fingerprint density at radius 2 is 1.81 bits per heavy atom. The van der Waals surface area contributed by atoms with Crippen LogP contribution in [0.3, 0.4) is 0 Å². The molecule has 0 unspecified atom stereocenters. The number of alkyl carbamates (subject to hydrolysis) is 1. The van der Waals surface area contributed by atoms with Crippen LogP contribution in [0, 0.1) is 11.8 Å². The zero-order chi connectivity index (χ0) is 22.9. The minimum absolute atomic E-state index is 0.0893. The molecule has 3 rings (SSSR count). The smallest absolute Gasteiger partial charge is 0.408 e. The third-order valence-electron chi connectivity index (χ3n) is 5.81. The zero-order valence-corrected chi connectivity index (χ0v) is 18.3. The van der Waals surface area contributed by atoms with Crippen molar-refractivity contribution in [1.29, 1.82) is 0 Å². The number of hydrogen-bond donors (Lipinski definition) is 3. The summed E-state index contributed by atoms with van der Waals surface area (Å²) in [4.78, 5) is 49.7. The Balaban J connectivity index is 1.58. The monoisotopic (exact) mass is 445 g/mol. The van der Waals surface area contributed by atoms with Gasteiger partial charge >= 0.3 is 12.1 Å². The van der Waals surface area contributed by atoms with E-state index in [9.17, 15) is 19.2 Å². The van der Waals surface area contributed by atoms with E-state index in [2.05, 4.69) is 16.0 Å². The predicted molar refractivity (Wildman–Crippen MR) is 115 cm³/mol. The molecule has 0 radical (unpaired) electrons. The Bertz CT molecular complexity index is 811. The van der Waals surface area contributed by atoms with Gasteiger partial charge in [0.15, 0.2) is 0 Å². The Kier molecular flexibility index (Phi) is 8.47. The third-order valence-corrected chi connectivity index (χ3v) is 5.81. The first kappa shape index (κ1) is 23.6. The van der Waals surface area contributed by atoms with E-state index in [0.29, 0.717) is 25.3 Å². The molecule has 0 aromatic heterocycles. The molecule has 2 aliphatic rings. The summed E-state index contributed by atoms with van der Waals surface area (Å²) < 4.78 is 10.1. The average molecular weight is 446 g/mol. The zero-order valence-electron chi connectivity index (χ0n) is 18.3. The summed E-state index contributed by atoms with van der Waals surface area (Å²) in [5.41, 5.74) is 0.836. The number of ether oxygens (including phenoxy) is 2. The number of piperidine rings is 1. The molecule has 1 aliphatic heterocycles. The van der Waals surface area contributed by atoms with Gasteiger partial charge in [-0.15, -0.1) is 0 Å². The van der Waals surface area contributed by atoms with Crippen LogP contribution in [0.1, 0.15) is 44.1 Å². The SMILES string of the molecule is COC(=O)[C@H](C[C@@H]1CCCNC1=O)NC(=O)[C@H](CC1CC1)NC(=O)OCc1ccccc1. The standard InChI is InChI=1S/C23H31N3O6/c1-31-22(29)19(13-17-8-5-11-24-20(17)27)25-21(28)18(12-15-9-10-15)26-23(30)32-14-16-6-3-2-4-7-16/h2-4,6-7,15,17-19H,5,8-14H2,1H3,(H,24,27)(H,25,28)(H,26,30)/t17-,18-,19-/m0/s1. The Labute approximate surface area is 187 Å². The Hall–Kier alpha value is -3.10. The van der Waals surface area contributed by atoms with Crippen molar-refractivity contribution < 1.29 is 28.7 Å². The highest BCUT2D eigenvalue weighted by molar-refractivity contribution is 5.90. The van der Waals surface area contributed by atoms with Gasteiger partial charge in [-0.05, 0) is 37.2 Å². The van der Waals surface area contributed by atoms with Crippen LogP contribution in [0.4, 0.5) is 4.79 Å². The number of nitrogens with one attached hydrogen (secondary N) is 3. The summed E-state index contributed by atoms with van der Waals surface area (Å²) >= 11 is 0. The van der Waals surface area contributed by atoms with E-state index < -0.39 is 30.1 Å². The van der Waals surface area contributed by atoms with E-state index in [1.54, 1.807) is 0 Å². The van der Waals surface area contributed by atoms with E-state index >= 15 is 0 Å². The normalized spacial score (nSPS) is 19.8. The summed E-state index contributed by atoms with van der Waals surface area (Å²) in [5.74, 6) is -1.26. The lowest BCUT2D eigenvalue weighted by atomic mass is 9.91. The lowest BCUT2D eigenvalue weighted by Gasteiger charge is -2.27. The number of rotatable bonds is 10. The van der Waals surface area contributed by atoms with E-state index in [1.807, 2.05) is 30.3 Å². The first-order chi connectivity index (χ1) is 15.5. The fourth-order valence-corrected chi connectivity index (χ4v) is 3.80.